The molecule has 1 aliphatic rings. The van der Waals surface area contributed by atoms with Crippen LogP contribution in [0.3, 0.4) is 0 Å². The maximum atomic E-state index is 13.6. The van der Waals surface area contributed by atoms with Crippen LogP contribution in [0, 0.1) is 11.7 Å². The van der Waals surface area contributed by atoms with E-state index < -0.39 is 0 Å². The van der Waals surface area contributed by atoms with Crippen molar-refractivity contribution < 1.29 is 4.39 Å². The van der Waals surface area contributed by atoms with Crippen molar-refractivity contribution in [3.8, 4) is 0 Å². The SMILES string of the molecule is NC(=S)c1ccc(NCCC2CCCC2)cc1F. The maximum absolute atomic E-state index is 13.6. The van der Waals surface area contributed by atoms with Gasteiger partial charge in [0.2, 0.25) is 0 Å². The second-order valence-corrected chi connectivity index (χ2v) is 5.36. The number of hydrogen-bond acceptors (Lipinski definition) is 2. The van der Waals surface area contributed by atoms with Gasteiger partial charge in [-0.2, -0.15) is 0 Å². The third kappa shape index (κ3) is 3.42. The number of benzene rings is 1. The van der Waals surface area contributed by atoms with Crippen LogP contribution in [0.5, 0.6) is 0 Å². The Balaban J connectivity index is 1.85. The predicted molar refractivity (Wildman–Crippen MR) is 77.4 cm³/mol. The molecule has 0 unspecified atom stereocenters. The Bertz CT molecular complexity index is 428. The van der Waals surface area contributed by atoms with Gasteiger partial charge in [0.25, 0.3) is 0 Å². The van der Waals surface area contributed by atoms with Gasteiger partial charge in [-0.3, -0.25) is 0 Å². The van der Waals surface area contributed by atoms with E-state index in [0.29, 0.717) is 5.56 Å². The molecule has 0 heterocycles. The lowest BCUT2D eigenvalue weighted by Crippen LogP contribution is -2.12. The molecule has 0 atom stereocenters. The van der Waals surface area contributed by atoms with E-state index in [1.54, 1.807) is 6.07 Å². The lowest BCUT2D eigenvalue weighted by Gasteiger charge is -2.11. The summed E-state index contributed by atoms with van der Waals surface area (Å²) in [5.41, 5.74) is 6.53. The normalized spacial score (nSPS) is 15.8. The molecule has 18 heavy (non-hydrogen) atoms. The standard InChI is InChI=1S/C14H19FN2S/c15-13-9-11(5-6-12(13)14(16)18)17-8-7-10-3-1-2-4-10/h5-6,9-10,17H,1-4,7-8H2,(H2,16,18). The van der Waals surface area contributed by atoms with Crippen LogP contribution >= 0.6 is 12.2 Å². The van der Waals surface area contributed by atoms with E-state index in [2.05, 4.69) is 5.32 Å². The van der Waals surface area contributed by atoms with Crippen LogP contribution in [-0.2, 0) is 0 Å². The largest absolute Gasteiger partial charge is 0.389 e. The van der Waals surface area contributed by atoms with Gasteiger partial charge < -0.3 is 11.1 Å². The molecule has 1 aromatic carbocycles. The Labute approximate surface area is 113 Å². The van der Waals surface area contributed by atoms with E-state index in [1.165, 1.54) is 38.2 Å². The molecule has 3 N–H and O–H groups in total. The number of rotatable bonds is 5. The summed E-state index contributed by atoms with van der Waals surface area (Å²) in [5.74, 6) is 0.492. The first-order valence-corrected chi connectivity index (χ1v) is 6.91. The van der Waals surface area contributed by atoms with E-state index in [9.17, 15) is 4.39 Å². The Morgan fingerprint density at radius 1 is 1.39 bits per heavy atom. The predicted octanol–water partition coefficient (Wildman–Crippen LogP) is 3.45. The molecule has 1 aromatic rings. The molecular weight excluding hydrogens is 247 g/mol. The molecule has 1 fully saturated rings. The lowest BCUT2D eigenvalue weighted by atomic mass is 10.0. The van der Waals surface area contributed by atoms with Crippen molar-refractivity contribution in [2.75, 3.05) is 11.9 Å². The molecule has 2 nitrogen and oxygen atoms in total. The Kier molecular flexibility index (Phi) is 4.53. The average Bonchev–Trinajstić information content (AvgIpc) is 2.81. The molecule has 0 saturated heterocycles. The Morgan fingerprint density at radius 2 is 2.11 bits per heavy atom. The fourth-order valence-electron chi connectivity index (χ4n) is 2.54. The van der Waals surface area contributed by atoms with Crippen LogP contribution in [0.25, 0.3) is 0 Å². The minimum atomic E-state index is -0.353. The molecule has 98 valence electrons. The van der Waals surface area contributed by atoms with Gasteiger partial charge in [-0.15, -0.1) is 0 Å². The molecule has 0 aromatic heterocycles. The van der Waals surface area contributed by atoms with Crippen LogP contribution in [0.1, 0.15) is 37.7 Å². The smallest absolute Gasteiger partial charge is 0.135 e. The first-order valence-electron chi connectivity index (χ1n) is 6.50. The maximum Gasteiger partial charge on any atom is 0.135 e. The van der Waals surface area contributed by atoms with Gasteiger partial charge in [0.05, 0.1) is 0 Å². The van der Waals surface area contributed by atoms with E-state index in [0.717, 1.165) is 18.2 Å². The van der Waals surface area contributed by atoms with Crippen molar-refractivity contribution in [2.45, 2.75) is 32.1 Å². The number of hydrogen-bond donors (Lipinski definition) is 2. The summed E-state index contributed by atoms with van der Waals surface area (Å²) in [7, 11) is 0. The van der Waals surface area contributed by atoms with Crippen molar-refractivity contribution in [3.05, 3.63) is 29.6 Å². The third-order valence-electron chi connectivity index (χ3n) is 3.59. The topological polar surface area (TPSA) is 38.0 Å². The molecule has 2 rings (SSSR count). The van der Waals surface area contributed by atoms with Crippen LogP contribution < -0.4 is 11.1 Å². The first-order chi connectivity index (χ1) is 8.66. The summed E-state index contributed by atoms with van der Waals surface area (Å²) < 4.78 is 13.6. The van der Waals surface area contributed by atoms with Crippen molar-refractivity contribution in [2.24, 2.45) is 11.7 Å². The highest BCUT2D eigenvalue weighted by Gasteiger charge is 2.14. The van der Waals surface area contributed by atoms with Gasteiger partial charge in [-0.1, -0.05) is 37.9 Å². The van der Waals surface area contributed by atoms with Gasteiger partial charge in [0.15, 0.2) is 0 Å². The van der Waals surface area contributed by atoms with Gasteiger partial charge in [0.1, 0.15) is 10.8 Å². The molecule has 0 aliphatic heterocycles. The molecule has 0 radical (unpaired) electrons. The van der Waals surface area contributed by atoms with Crippen LogP contribution in [0.15, 0.2) is 18.2 Å². The molecular formula is C14H19FN2S. The summed E-state index contributed by atoms with van der Waals surface area (Å²) in [6.07, 6.45) is 6.58. The second-order valence-electron chi connectivity index (χ2n) is 4.92. The fourth-order valence-corrected chi connectivity index (χ4v) is 2.71. The molecule has 0 spiro atoms. The van der Waals surface area contributed by atoms with Gasteiger partial charge >= 0.3 is 0 Å². The lowest BCUT2D eigenvalue weighted by molar-refractivity contribution is 0.518. The average molecular weight is 266 g/mol. The Morgan fingerprint density at radius 3 is 2.72 bits per heavy atom. The van der Waals surface area contributed by atoms with Crippen molar-refractivity contribution in [3.63, 3.8) is 0 Å². The quantitative estimate of drug-likeness (QED) is 0.802. The van der Waals surface area contributed by atoms with Crippen LogP contribution in [0.2, 0.25) is 0 Å². The van der Waals surface area contributed by atoms with E-state index >= 15 is 0 Å². The molecule has 0 bridgehead atoms. The zero-order chi connectivity index (χ0) is 13.0. The van der Waals surface area contributed by atoms with Crippen LogP contribution in [0.4, 0.5) is 10.1 Å². The van der Waals surface area contributed by atoms with E-state index in [1.807, 2.05) is 6.07 Å². The van der Waals surface area contributed by atoms with E-state index in [4.69, 9.17) is 18.0 Å². The summed E-state index contributed by atoms with van der Waals surface area (Å²) in [5, 5.41) is 3.25. The second kappa shape index (κ2) is 6.14. The zero-order valence-electron chi connectivity index (χ0n) is 10.4. The minimum Gasteiger partial charge on any atom is -0.389 e. The number of thiocarbonyl (C=S) groups is 1. The molecule has 1 aliphatic carbocycles. The van der Waals surface area contributed by atoms with Crippen molar-refractivity contribution in [1.29, 1.82) is 0 Å². The molecule has 4 heteroatoms. The summed E-state index contributed by atoms with van der Waals surface area (Å²) >= 11 is 4.77. The summed E-state index contributed by atoms with van der Waals surface area (Å²) in [6.45, 7) is 0.899. The number of nitrogens with two attached hydrogens (primary N) is 1. The Hall–Kier alpha value is -1.16. The minimum absolute atomic E-state index is 0.102. The highest BCUT2D eigenvalue weighted by atomic mass is 32.1. The number of anilines is 1. The summed E-state index contributed by atoms with van der Waals surface area (Å²) in [4.78, 5) is 0.102. The highest BCUT2D eigenvalue weighted by molar-refractivity contribution is 7.80. The monoisotopic (exact) mass is 266 g/mol. The third-order valence-corrected chi connectivity index (χ3v) is 3.81. The van der Waals surface area contributed by atoms with Crippen molar-refractivity contribution in [1.82, 2.24) is 0 Å². The van der Waals surface area contributed by atoms with Gasteiger partial charge in [0, 0.05) is 17.8 Å². The van der Waals surface area contributed by atoms with Gasteiger partial charge in [-0.05, 0) is 30.5 Å². The van der Waals surface area contributed by atoms with E-state index in [-0.39, 0.29) is 10.8 Å². The molecule has 0 amide bonds. The van der Waals surface area contributed by atoms with Crippen LogP contribution in [-0.4, -0.2) is 11.5 Å². The van der Waals surface area contributed by atoms with Gasteiger partial charge in [-0.25, -0.2) is 4.39 Å². The molecule has 1 saturated carbocycles. The van der Waals surface area contributed by atoms with Crippen molar-refractivity contribution >= 4 is 22.9 Å². The number of halogens is 1. The fraction of sp³-hybridized carbons (Fsp3) is 0.500. The first kappa shape index (κ1) is 13.3. The highest BCUT2D eigenvalue weighted by Crippen LogP contribution is 2.27. The number of nitrogens with one attached hydrogen (secondary N) is 1. The summed E-state index contributed by atoms with van der Waals surface area (Å²) in [6, 6.07) is 4.92. The zero-order valence-corrected chi connectivity index (χ0v) is 11.2.